The lowest BCUT2D eigenvalue weighted by Crippen LogP contribution is -2.43. The molecule has 120 valence electrons. The molecule has 1 aromatic carbocycles. The molecule has 0 radical (unpaired) electrons. The molecular formula is C16H23N3O3. The van der Waals surface area contributed by atoms with Crippen LogP contribution in [0.4, 0.5) is 11.4 Å². The lowest BCUT2D eigenvalue weighted by molar-refractivity contribution is -0.384. The van der Waals surface area contributed by atoms with E-state index < -0.39 is 4.92 Å². The molecule has 1 saturated heterocycles. The number of carbonyl (C=O) groups is 1. The Morgan fingerprint density at radius 3 is 2.77 bits per heavy atom. The number of unbranched alkanes of at least 4 members (excludes halogenated alkanes) is 1. The quantitative estimate of drug-likeness (QED) is 0.498. The maximum Gasteiger partial charge on any atom is 0.269 e. The number of amides is 1. The highest BCUT2D eigenvalue weighted by molar-refractivity contribution is 5.79. The Balaban J connectivity index is 1.95. The maximum atomic E-state index is 12.2. The molecule has 2 rings (SSSR count). The van der Waals surface area contributed by atoms with E-state index in [4.69, 9.17) is 0 Å². The average molecular weight is 305 g/mol. The minimum absolute atomic E-state index is 0.000739. The van der Waals surface area contributed by atoms with Crippen molar-refractivity contribution in [3.05, 3.63) is 34.4 Å². The van der Waals surface area contributed by atoms with Gasteiger partial charge in [-0.3, -0.25) is 14.9 Å². The van der Waals surface area contributed by atoms with Gasteiger partial charge in [0, 0.05) is 37.5 Å². The SMILES string of the molecule is CCCCNC(=O)C1CCCN(c2ccc([N+](=O)[O-])cc2)C1. The van der Waals surface area contributed by atoms with Gasteiger partial charge in [0.15, 0.2) is 0 Å². The van der Waals surface area contributed by atoms with Crippen molar-refractivity contribution < 1.29 is 9.72 Å². The fraction of sp³-hybridized carbons (Fsp3) is 0.562. The van der Waals surface area contributed by atoms with E-state index in [0.29, 0.717) is 6.54 Å². The first-order valence-electron chi connectivity index (χ1n) is 7.89. The first-order valence-corrected chi connectivity index (χ1v) is 7.89. The number of nitro benzene ring substituents is 1. The highest BCUT2D eigenvalue weighted by Gasteiger charge is 2.25. The van der Waals surface area contributed by atoms with E-state index in [0.717, 1.165) is 44.5 Å². The van der Waals surface area contributed by atoms with Crippen LogP contribution < -0.4 is 10.2 Å². The van der Waals surface area contributed by atoms with Gasteiger partial charge in [-0.2, -0.15) is 0 Å². The summed E-state index contributed by atoms with van der Waals surface area (Å²) in [7, 11) is 0. The largest absolute Gasteiger partial charge is 0.371 e. The Morgan fingerprint density at radius 1 is 1.41 bits per heavy atom. The monoisotopic (exact) mass is 305 g/mol. The predicted octanol–water partition coefficient (Wildman–Crippen LogP) is 2.73. The molecule has 1 N–H and O–H groups in total. The molecule has 0 aliphatic carbocycles. The number of hydrogen-bond acceptors (Lipinski definition) is 4. The molecule has 1 aliphatic heterocycles. The van der Waals surface area contributed by atoms with Gasteiger partial charge in [0.2, 0.25) is 5.91 Å². The summed E-state index contributed by atoms with van der Waals surface area (Å²) in [6.45, 7) is 4.40. The van der Waals surface area contributed by atoms with Crippen LogP contribution in [0.3, 0.4) is 0 Å². The lowest BCUT2D eigenvalue weighted by atomic mass is 9.96. The predicted molar refractivity (Wildman–Crippen MR) is 86.0 cm³/mol. The molecule has 0 bridgehead atoms. The highest BCUT2D eigenvalue weighted by Crippen LogP contribution is 2.25. The third-order valence-electron chi connectivity index (χ3n) is 4.05. The van der Waals surface area contributed by atoms with Gasteiger partial charge in [0.05, 0.1) is 10.8 Å². The van der Waals surface area contributed by atoms with Crippen LogP contribution >= 0.6 is 0 Å². The fourth-order valence-corrected chi connectivity index (χ4v) is 2.74. The second-order valence-corrected chi connectivity index (χ2v) is 5.70. The van der Waals surface area contributed by atoms with Crippen molar-refractivity contribution in [1.82, 2.24) is 5.32 Å². The smallest absolute Gasteiger partial charge is 0.269 e. The molecule has 0 saturated carbocycles. The number of piperidine rings is 1. The minimum Gasteiger partial charge on any atom is -0.371 e. The second-order valence-electron chi connectivity index (χ2n) is 5.70. The van der Waals surface area contributed by atoms with Crippen LogP contribution in [0.2, 0.25) is 0 Å². The van der Waals surface area contributed by atoms with Crippen LogP contribution in [0, 0.1) is 16.0 Å². The molecule has 6 heteroatoms. The third kappa shape index (κ3) is 4.19. The second kappa shape index (κ2) is 7.77. The van der Waals surface area contributed by atoms with Crippen LogP contribution in [-0.2, 0) is 4.79 Å². The summed E-state index contributed by atoms with van der Waals surface area (Å²) < 4.78 is 0. The Hall–Kier alpha value is -2.11. The number of anilines is 1. The van der Waals surface area contributed by atoms with Gasteiger partial charge in [-0.05, 0) is 31.4 Å². The van der Waals surface area contributed by atoms with E-state index in [9.17, 15) is 14.9 Å². The van der Waals surface area contributed by atoms with Crippen LogP contribution in [0.15, 0.2) is 24.3 Å². The zero-order valence-corrected chi connectivity index (χ0v) is 13.0. The Kier molecular flexibility index (Phi) is 5.75. The Labute approximate surface area is 130 Å². The van der Waals surface area contributed by atoms with Gasteiger partial charge in [0.1, 0.15) is 0 Å². The minimum atomic E-state index is -0.399. The summed E-state index contributed by atoms with van der Waals surface area (Å²) in [5.41, 5.74) is 1.03. The lowest BCUT2D eigenvalue weighted by Gasteiger charge is -2.33. The van der Waals surface area contributed by atoms with Crippen molar-refractivity contribution in [2.75, 3.05) is 24.5 Å². The van der Waals surface area contributed by atoms with Crippen LogP contribution in [0.1, 0.15) is 32.6 Å². The van der Waals surface area contributed by atoms with Crippen molar-refractivity contribution >= 4 is 17.3 Å². The highest BCUT2D eigenvalue weighted by atomic mass is 16.6. The standard InChI is InChI=1S/C16H23N3O3/c1-2-3-10-17-16(20)13-5-4-11-18(12-13)14-6-8-15(9-7-14)19(21)22/h6-9,13H,2-5,10-12H2,1H3,(H,17,20). The molecule has 1 aromatic rings. The molecule has 1 heterocycles. The van der Waals surface area contributed by atoms with E-state index in [1.807, 2.05) is 0 Å². The van der Waals surface area contributed by atoms with E-state index in [2.05, 4.69) is 17.1 Å². The Morgan fingerprint density at radius 2 is 2.14 bits per heavy atom. The summed E-state index contributed by atoms with van der Waals surface area (Å²) in [6, 6.07) is 6.55. The Bertz CT molecular complexity index is 516. The summed E-state index contributed by atoms with van der Waals surface area (Å²) >= 11 is 0. The van der Waals surface area contributed by atoms with Gasteiger partial charge in [0.25, 0.3) is 5.69 Å². The van der Waals surface area contributed by atoms with Crippen molar-refractivity contribution in [1.29, 1.82) is 0 Å². The number of non-ortho nitro benzene ring substituents is 1. The first-order chi connectivity index (χ1) is 10.6. The van der Waals surface area contributed by atoms with Crippen LogP contribution in [0.5, 0.6) is 0 Å². The topological polar surface area (TPSA) is 75.5 Å². The van der Waals surface area contributed by atoms with Gasteiger partial charge < -0.3 is 10.2 Å². The van der Waals surface area contributed by atoms with E-state index in [1.165, 1.54) is 12.1 Å². The van der Waals surface area contributed by atoms with E-state index >= 15 is 0 Å². The fourth-order valence-electron chi connectivity index (χ4n) is 2.74. The summed E-state index contributed by atoms with van der Waals surface area (Å²) in [4.78, 5) is 24.6. The molecule has 0 spiro atoms. The normalized spacial score (nSPS) is 18.0. The third-order valence-corrected chi connectivity index (χ3v) is 4.05. The summed E-state index contributed by atoms with van der Waals surface area (Å²) in [6.07, 6.45) is 3.94. The molecular weight excluding hydrogens is 282 g/mol. The molecule has 1 unspecified atom stereocenters. The zero-order chi connectivity index (χ0) is 15.9. The number of carbonyl (C=O) groups excluding carboxylic acids is 1. The van der Waals surface area contributed by atoms with Gasteiger partial charge in [-0.1, -0.05) is 13.3 Å². The van der Waals surface area contributed by atoms with Crippen LogP contribution in [0.25, 0.3) is 0 Å². The van der Waals surface area contributed by atoms with Crippen molar-refractivity contribution in [2.45, 2.75) is 32.6 Å². The molecule has 6 nitrogen and oxygen atoms in total. The molecule has 1 aliphatic rings. The van der Waals surface area contributed by atoms with Crippen molar-refractivity contribution in [2.24, 2.45) is 5.92 Å². The summed E-state index contributed by atoms with van der Waals surface area (Å²) in [5.74, 6) is 0.126. The maximum absolute atomic E-state index is 12.2. The number of nitro groups is 1. The number of benzene rings is 1. The molecule has 1 fully saturated rings. The van der Waals surface area contributed by atoms with E-state index in [-0.39, 0.29) is 17.5 Å². The van der Waals surface area contributed by atoms with Crippen LogP contribution in [-0.4, -0.2) is 30.5 Å². The number of nitrogens with zero attached hydrogens (tertiary/aromatic N) is 2. The van der Waals surface area contributed by atoms with Crippen molar-refractivity contribution in [3.8, 4) is 0 Å². The zero-order valence-electron chi connectivity index (χ0n) is 13.0. The summed E-state index contributed by atoms with van der Waals surface area (Å²) in [5, 5.41) is 13.7. The first kappa shape index (κ1) is 16.3. The average Bonchev–Trinajstić information content (AvgIpc) is 2.55. The van der Waals surface area contributed by atoms with Crippen molar-refractivity contribution in [3.63, 3.8) is 0 Å². The molecule has 1 amide bonds. The number of hydrogen-bond donors (Lipinski definition) is 1. The number of nitrogens with one attached hydrogen (secondary N) is 1. The molecule has 0 aromatic heterocycles. The van der Waals surface area contributed by atoms with Gasteiger partial charge >= 0.3 is 0 Å². The molecule has 1 atom stereocenters. The molecule has 22 heavy (non-hydrogen) atoms. The van der Waals surface area contributed by atoms with E-state index in [1.54, 1.807) is 12.1 Å². The van der Waals surface area contributed by atoms with Gasteiger partial charge in [-0.25, -0.2) is 0 Å². The van der Waals surface area contributed by atoms with Gasteiger partial charge in [-0.15, -0.1) is 0 Å². The number of rotatable bonds is 6.